The van der Waals surface area contributed by atoms with Crippen LogP contribution in [0.2, 0.25) is 0 Å². The van der Waals surface area contributed by atoms with Crippen molar-refractivity contribution in [3.05, 3.63) is 6.33 Å². The standard InChI is InChI=1S/C14H21N5O/c1-20-13-11-12(16-9-17-13)19(14(15)18-11)10-7-5-3-2-4-6-8-10/h9-10H,2-8H2,1H3,(H2,15,18). The van der Waals surface area contributed by atoms with E-state index in [1.165, 1.54) is 38.4 Å². The van der Waals surface area contributed by atoms with Gasteiger partial charge in [0.25, 0.3) is 0 Å². The number of nitrogens with zero attached hydrogens (tertiary/aromatic N) is 4. The van der Waals surface area contributed by atoms with Crippen molar-refractivity contribution in [3.8, 4) is 5.88 Å². The number of aromatic nitrogens is 4. The minimum atomic E-state index is 0.389. The Balaban J connectivity index is 2.03. The number of anilines is 1. The number of fused-ring (bicyclic) bond motifs is 1. The molecule has 3 rings (SSSR count). The fraction of sp³-hybridized carbons (Fsp3) is 0.643. The van der Waals surface area contributed by atoms with Crippen LogP contribution in [0.25, 0.3) is 11.2 Å². The van der Waals surface area contributed by atoms with Crippen molar-refractivity contribution in [2.75, 3.05) is 12.8 Å². The van der Waals surface area contributed by atoms with Crippen LogP contribution in [0.3, 0.4) is 0 Å². The summed E-state index contributed by atoms with van der Waals surface area (Å²) in [5, 5.41) is 0. The van der Waals surface area contributed by atoms with E-state index in [0.29, 0.717) is 23.4 Å². The van der Waals surface area contributed by atoms with Crippen LogP contribution in [-0.2, 0) is 0 Å². The fourth-order valence-corrected chi connectivity index (χ4v) is 3.11. The molecule has 0 unspecified atom stereocenters. The zero-order valence-electron chi connectivity index (χ0n) is 11.9. The van der Waals surface area contributed by atoms with Crippen LogP contribution in [-0.4, -0.2) is 26.6 Å². The first kappa shape index (κ1) is 13.1. The Labute approximate surface area is 118 Å². The zero-order chi connectivity index (χ0) is 13.9. The Morgan fingerprint density at radius 3 is 2.55 bits per heavy atom. The second-order valence-corrected chi connectivity index (χ2v) is 5.39. The summed E-state index contributed by atoms with van der Waals surface area (Å²) in [5.41, 5.74) is 7.58. The van der Waals surface area contributed by atoms with E-state index in [9.17, 15) is 0 Å². The molecule has 2 aromatic rings. The summed E-state index contributed by atoms with van der Waals surface area (Å²) in [7, 11) is 1.59. The molecule has 0 aromatic carbocycles. The molecule has 6 heteroatoms. The number of hydrogen-bond donors (Lipinski definition) is 1. The predicted molar refractivity (Wildman–Crippen MR) is 77.6 cm³/mol. The second-order valence-electron chi connectivity index (χ2n) is 5.39. The maximum Gasteiger partial charge on any atom is 0.245 e. The highest BCUT2D eigenvalue weighted by Gasteiger charge is 2.21. The van der Waals surface area contributed by atoms with Crippen LogP contribution >= 0.6 is 0 Å². The molecule has 0 aliphatic heterocycles. The van der Waals surface area contributed by atoms with Gasteiger partial charge in [-0.25, -0.2) is 9.97 Å². The normalized spacial score (nSPS) is 17.9. The van der Waals surface area contributed by atoms with Gasteiger partial charge in [0.2, 0.25) is 11.8 Å². The Kier molecular flexibility index (Phi) is 3.71. The van der Waals surface area contributed by atoms with Gasteiger partial charge in [0, 0.05) is 6.04 Å². The van der Waals surface area contributed by atoms with Gasteiger partial charge in [-0.15, -0.1) is 0 Å². The largest absolute Gasteiger partial charge is 0.479 e. The average Bonchev–Trinajstić information content (AvgIpc) is 2.75. The molecular weight excluding hydrogens is 254 g/mol. The van der Waals surface area contributed by atoms with Gasteiger partial charge in [-0.2, -0.15) is 4.98 Å². The first-order chi connectivity index (χ1) is 9.81. The maximum absolute atomic E-state index is 6.13. The Hall–Kier alpha value is -1.85. The van der Waals surface area contributed by atoms with Crippen LogP contribution < -0.4 is 10.5 Å². The average molecular weight is 275 g/mol. The third kappa shape index (κ3) is 2.30. The highest BCUT2D eigenvalue weighted by atomic mass is 16.5. The second kappa shape index (κ2) is 5.64. The van der Waals surface area contributed by atoms with E-state index in [4.69, 9.17) is 10.5 Å². The van der Waals surface area contributed by atoms with Gasteiger partial charge in [0.15, 0.2) is 11.2 Å². The van der Waals surface area contributed by atoms with E-state index < -0.39 is 0 Å². The van der Waals surface area contributed by atoms with Crippen molar-refractivity contribution in [2.24, 2.45) is 0 Å². The lowest BCUT2D eigenvalue weighted by Gasteiger charge is -2.22. The van der Waals surface area contributed by atoms with Crippen LogP contribution in [0, 0.1) is 0 Å². The molecule has 0 bridgehead atoms. The molecule has 1 fully saturated rings. The Morgan fingerprint density at radius 1 is 1.15 bits per heavy atom. The van der Waals surface area contributed by atoms with E-state index >= 15 is 0 Å². The summed E-state index contributed by atoms with van der Waals surface area (Å²) in [5.74, 6) is 1.01. The van der Waals surface area contributed by atoms with E-state index in [1.54, 1.807) is 7.11 Å². The lowest BCUT2D eigenvalue weighted by Crippen LogP contribution is -2.14. The Morgan fingerprint density at radius 2 is 1.85 bits per heavy atom. The summed E-state index contributed by atoms with van der Waals surface area (Å²) < 4.78 is 7.32. The van der Waals surface area contributed by atoms with Gasteiger partial charge in [0.1, 0.15) is 6.33 Å². The van der Waals surface area contributed by atoms with Crippen LogP contribution in [0.1, 0.15) is 51.0 Å². The van der Waals surface area contributed by atoms with Crippen molar-refractivity contribution in [1.82, 2.24) is 19.5 Å². The smallest absolute Gasteiger partial charge is 0.245 e. The third-order valence-electron chi connectivity index (χ3n) is 4.10. The van der Waals surface area contributed by atoms with Crippen LogP contribution in [0.4, 0.5) is 5.95 Å². The molecule has 0 radical (unpaired) electrons. The molecule has 0 atom stereocenters. The van der Waals surface area contributed by atoms with Crippen molar-refractivity contribution in [2.45, 2.75) is 51.0 Å². The summed E-state index contributed by atoms with van der Waals surface area (Å²) in [6.45, 7) is 0. The number of imidazole rings is 1. The molecule has 2 heterocycles. The molecule has 2 aromatic heterocycles. The van der Waals surface area contributed by atoms with E-state index in [0.717, 1.165) is 18.5 Å². The number of methoxy groups -OCH3 is 1. The molecular formula is C14H21N5O. The van der Waals surface area contributed by atoms with Gasteiger partial charge in [-0.3, -0.25) is 4.57 Å². The van der Waals surface area contributed by atoms with E-state index in [1.807, 2.05) is 0 Å². The number of hydrogen-bond acceptors (Lipinski definition) is 5. The van der Waals surface area contributed by atoms with Crippen LogP contribution in [0.15, 0.2) is 6.33 Å². The third-order valence-corrected chi connectivity index (χ3v) is 4.10. The molecule has 1 aliphatic carbocycles. The summed E-state index contributed by atoms with van der Waals surface area (Å²) >= 11 is 0. The lowest BCUT2D eigenvalue weighted by molar-refractivity contribution is 0.380. The first-order valence-corrected chi connectivity index (χ1v) is 7.33. The maximum atomic E-state index is 6.13. The van der Waals surface area contributed by atoms with Gasteiger partial charge in [0.05, 0.1) is 7.11 Å². The van der Waals surface area contributed by atoms with E-state index in [2.05, 4.69) is 19.5 Å². The van der Waals surface area contributed by atoms with Gasteiger partial charge >= 0.3 is 0 Å². The predicted octanol–water partition coefficient (Wildman–Crippen LogP) is 2.70. The molecule has 1 saturated carbocycles. The molecule has 6 nitrogen and oxygen atoms in total. The number of nitrogens with two attached hydrogens (primary N) is 1. The van der Waals surface area contributed by atoms with Gasteiger partial charge in [-0.1, -0.05) is 32.1 Å². The zero-order valence-corrected chi connectivity index (χ0v) is 11.9. The minimum absolute atomic E-state index is 0.389. The summed E-state index contributed by atoms with van der Waals surface area (Å²) in [6.07, 6.45) is 10.2. The molecule has 0 spiro atoms. The van der Waals surface area contributed by atoms with Crippen molar-refractivity contribution in [3.63, 3.8) is 0 Å². The van der Waals surface area contributed by atoms with Gasteiger partial charge in [-0.05, 0) is 12.8 Å². The topological polar surface area (TPSA) is 78.8 Å². The first-order valence-electron chi connectivity index (χ1n) is 7.33. The highest BCUT2D eigenvalue weighted by Crippen LogP contribution is 2.32. The van der Waals surface area contributed by atoms with Crippen molar-refractivity contribution >= 4 is 17.1 Å². The van der Waals surface area contributed by atoms with Crippen LogP contribution in [0.5, 0.6) is 5.88 Å². The fourth-order valence-electron chi connectivity index (χ4n) is 3.11. The number of rotatable bonds is 2. The number of ether oxygens (including phenoxy) is 1. The van der Waals surface area contributed by atoms with Crippen molar-refractivity contribution < 1.29 is 4.74 Å². The quantitative estimate of drug-likeness (QED) is 0.911. The minimum Gasteiger partial charge on any atom is -0.479 e. The monoisotopic (exact) mass is 275 g/mol. The van der Waals surface area contributed by atoms with E-state index in [-0.39, 0.29) is 0 Å². The molecule has 108 valence electrons. The molecule has 1 aliphatic rings. The summed E-state index contributed by atoms with van der Waals surface area (Å²) in [4.78, 5) is 12.9. The van der Waals surface area contributed by atoms with Gasteiger partial charge < -0.3 is 10.5 Å². The molecule has 2 N–H and O–H groups in total. The molecule has 20 heavy (non-hydrogen) atoms. The highest BCUT2D eigenvalue weighted by molar-refractivity contribution is 5.79. The SMILES string of the molecule is COc1ncnc2c1nc(N)n2C1CCCCCCC1. The Bertz CT molecular complexity index is 587. The molecule has 0 amide bonds. The number of nitrogen functional groups attached to an aromatic ring is 1. The molecule has 0 saturated heterocycles. The lowest BCUT2D eigenvalue weighted by atomic mass is 9.96. The van der Waals surface area contributed by atoms with Crippen molar-refractivity contribution in [1.29, 1.82) is 0 Å². The summed E-state index contributed by atoms with van der Waals surface area (Å²) in [6, 6.07) is 0.389.